The van der Waals surface area contributed by atoms with E-state index in [1.165, 1.54) is 0 Å². The molecule has 0 aromatic rings. The van der Waals surface area contributed by atoms with Gasteiger partial charge in [0, 0.05) is 0 Å². The minimum Gasteiger partial charge on any atom is -0.481 e. The predicted molar refractivity (Wildman–Crippen MR) is 54.5 cm³/mol. The number of allylic oxidation sites excluding steroid dienone is 4. The third-order valence-electron chi connectivity index (χ3n) is 4.23. The van der Waals surface area contributed by atoms with Crippen LogP contribution in [0.15, 0.2) is 24.3 Å². The van der Waals surface area contributed by atoms with E-state index in [0.29, 0.717) is 0 Å². The van der Waals surface area contributed by atoms with Crippen LogP contribution in [0.1, 0.15) is 0 Å². The molecule has 4 nitrogen and oxygen atoms in total. The Morgan fingerprint density at radius 2 is 1.00 bits per heavy atom. The zero-order chi connectivity index (χ0) is 11.4. The van der Waals surface area contributed by atoms with Gasteiger partial charge >= 0.3 is 11.9 Å². The van der Waals surface area contributed by atoms with Crippen LogP contribution < -0.4 is 0 Å². The zero-order valence-electron chi connectivity index (χ0n) is 8.48. The van der Waals surface area contributed by atoms with Crippen LogP contribution in [0.5, 0.6) is 0 Å². The summed E-state index contributed by atoms with van der Waals surface area (Å²) < 4.78 is 0. The van der Waals surface area contributed by atoms with Gasteiger partial charge in [-0.1, -0.05) is 24.3 Å². The van der Waals surface area contributed by atoms with Gasteiger partial charge in [-0.25, -0.2) is 0 Å². The van der Waals surface area contributed by atoms with Crippen LogP contribution in [-0.2, 0) is 9.59 Å². The van der Waals surface area contributed by atoms with Crippen LogP contribution >= 0.6 is 0 Å². The average molecular weight is 220 g/mol. The highest BCUT2D eigenvalue weighted by molar-refractivity contribution is 5.82. The highest BCUT2D eigenvalue weighted by Gasteiger charge is 2.57. The molecule has 4 aliphatic carbocycles. The van der Waals surface area contributed by atoms with E-state index in [0.717, 1.165) is 0 Å². The number of hydrogen-bond acceptors (Lipinski definition) is 2. The zero-order valence-corrected chi connectivity index (χ0v) is 8.48. The fourth-order valence-corrected chi connectivity index (χ4v) is 3.48. The SMILES string of the molecule is O=C(O)[C@@H]1[C@H]2C=C[C@@H]([C@@H]3C=C[C@@H]32)[C@@H]1C(=O)O. The largest absolute Gasteiger partial charge is 0.481 e. The van der Waals surface area contributed by atoms with Crippen LogP contribution in [0, 0.1) is 35.5 Å². The molecule has 2 N–H and O–H groups in total. The van der Waals surface area contributed by atoms with E-state index < -0.39 is 23.8 Å². The second-order valence-electron chi connectivity index (χ2n) is 4.81. The first-order valence-electron chi connectivity index (χ1n) is 5.43. The topological polar surface area (TPSA) is 74.6 Å². The summed E-state index contributed by atoms with van der Waals surface area (Å²) >= 11 is 0. The lowest BCUT2D eigenvalue weighted by molar-refractivity contribution is -0.163. The molecule has 0 aromatic carbocycles. The van der Waals surface area contributed by atoms with Crippen molar-refractivity contribution < 1.29 is 19.8 Å². The fraction of sp³-hybridized carbons (Fsp3) is 0.500. The summed E-state index contributed by atoms with van der Waals surface area (Å²) in [6.45, 7) is 0. The van der Waals surface area contributed by atoms with Gasteiger partial charge in [-0.15, -0.1) is 0 Å². The van der Waals surface area contributed by atoms with Gasteiger partial charge in [0.1, 0.15) is 0 Å². The Balaban J connectivity index is 2.05. The second kappa shape index (κ2) is 2.97. The average Bonchev–Trinajstić information content (AvgIpc) is 2.15. The molecule has 16 heavy (non-hydrogen) atoms. The molecule has 1 fully saturated rings. The Labute approximate surface area is 92.3 Å². The van der Waals surface area contributed by atoms with Gasteiger partial charge in [-0.05, 0) is 23.7 Å². The molecule has 4 aliphatic rings. The first-order valence-corrected chi connectivity index (χ1v) is 5.43. The van der Waals surface area contributed by atoms with E-state index in [1.54, 1.807) is 0 Å². The fourth-order valence-electron chi connectivity index (χ4n) is 3.48. The van der Waals surface area contributed by atoms with Gasteiger partial charge in [0.25, 0.3) is 0 Å². The van der Waals surface area contributed by atoms with Gasteiger partial charge in [0.05, 0.1) is 11.8 Å². The Hall–Kier alpha value is -1.58. The van der Waals surface area contributed by atoms with E-state index >= 15 is 0 Å². The molecule has 0 unspecified atom stereocenters. The van der Waals surface area contributed by atoms with Crippen molar-refractivity contribution in [2.24, 2.45) is 35.5 Å². The minimum absolute atomic E-state index is 0.140. The van der Waals surface area contributed by atoms with Crippen LogP contribution in [0.4, 0.5) is 0 Å². The summed E-state index contributed by atoms with van der Waals surface area (Å²) in [5, 5.41) is 18.4. The van der Waals surface area contributed by atoms with Crippen molar-refractivity contribution in [3.05, 3.63) is 24.3 Å². The Bertz CT molecular complexity index is 385. The number of carboxylic acids is 2. The van der Waals surface area contributed by atoms with E-state index in [-0.39, 0.29) is 23.7 Å². The molecule has 0 heterocycles. The molecular formula is C12H12O4. The highest BCUT2D eigenvalue weighted by Crippen LogP contribution is 2.55. The normalized spacial score (nSPS) is 47.2. The molecule has 4 rings (SSSR count). The third kappa shape index (κ3) is 0.991. The number of rotatable bonds is 2. The Morgan fingerprint density at radius 1 is 0.688 bits per heavy atom. The lowest BCUT2D eigenvalue weighted by atomic mass is 9.50. The van der Waals surface area contributed by atoms with Gasteiger partial charge in [0.15, 0.2) is 0 Å². The Kier molecular flexibility index (Phi) is 1.79. The molecule has 2 bridgehead atoms. The van der Waals surface area contributed by atoms with E-state index in [1.807, 2.05) is 24.3 Å². The number of aliphatic carboxylic acids is 2. The van der Waals surface area contributed by atoms with E-state index in [4.69, 9.17) is 0 Å². The smallest absolute Gasteiger partial charge is 0.308 e. The summed E-state index contributed by atoms with van der Waals surface area (Å²) in [7, 11) is 0. The number of carboxylic acid groups (broad SMARTS) is 2. The van der Waals surface area contributed by atoms with Gasteiger partial charge in [-0.3, -0.25) is 9.59 Å². The summed E-state index contributed by atoms with van der Waals surface area (Å²) in [5.74, 6) is -3.29. The molecule has 6 atom stereocenters. The number of hydrogen-bond donors (Lipinski definition) is 2. The van der Waals surface area contributed by atoms with Crippen LogP contribution in [-0.4, -0.2) is 22.2 Å². The highest BCUT2D eigenvalue weighted by atomic mass is 16.4. The standard InChI is InChI=1S/C12H12O4/c13-11(14)9-7-3-4-8(10(9)12(15)16)6-2-1-5(6)7/h1-10H,(H,13,14)(H,15,16)/t5-,6+,7-,8-,9+,10-/m0/s1. The maximum atomic E-state index is 11.2. The lowest BCUT2D eigenvalue weighted by Gasteiger charge is -2.52. The van der Waals surface area contributed by atoms with Crippen LogP contribution in [0.2, 0.25) is 0 Å². The number of fused-ring (bicyclic) bond motifs is 1. The molecule has 0 amide bonds. The molecule has 0 aromatic heterocycles. The van der Waals surface area contributed by atoms with E-state index in [9.17, 15) is 19.8 Å². The lowest BCUT2D eigenvalue weighted by Crippen LogP contribution is -2.54. The molecule has 84 valence electrons. The van der Waals surface area contributed by atoms with Crippen LogP contribution in [0.3, 0.4) is 0 Å². The second-order valence-corrected chi connectivity index (χ2v) is 4.81. The van der Waals surface area contributed by atoms with E-state index in [2.05, 4.69) is 0 Å². The maximum Gasteiger partial charge on any atom is 0.308 e. The van der Waals surface area contributed by atoms with Crippen molar-refractivity contribution in [2.45, 2.75) is 0 Å². The molecule has 0 spiro atoms. The maximum absolute atomic E-state index is 11.2. The molecule has 4 heteroatoms. The monoisotopic (exact) mass is 220 g/mol. The van der Waals surface area contributed by atoms with Gasteiger partial charge < -0.3 is 10.2 Å². The summed E-state index contributed by atoms with van der Waals surface area (Å²) in [4.78, 5) is 22.4. The Morgan fingerprint density at radius 3 is 1.25 bits per heavy atom. The van der Waals surface area contributed by atoms with Crippen LogP contribution in [0.25, 0.3) is 0 Å². The number of carbonyl (C=O) groups is 2. The summed E-state index contributed by atoms with van der Waals surface area (Å²) in [6.07, 6.45) is 7.82. The molecule has 1 saturated carbocycles. The first-order chi connectivity index (χ1) is 7.61. The van der Waals surface area contributed by atoms with Crippen molar-refractivity contribution in [1.82, 2.24) is 0 Å². The van der Waals surface area contributed by atoms with Gasteiger partial charge in [-0.2, -0.15) is 0 Å². The quantitative estimate of drug-likeness (QED) is 0.681. The molecule has 0 aliphatic heterocycles. The van der Waals surface area contributed by atoms with Crippen molar-refractivity contribution in [3.8, 4) is 0 Å². The third-order valence-corrected chi connectivity index (χ3v) is 4.23. The molecule has 0 radical (unpaired) electrons. The molecular weight excluding hydrogens is 208 g/mol. The first kappa shape index (κ1) is 9.63. The molecule has 0 saturated heterocycles. The predicted octanol–water partition coefficient (Wildman–Crippen LogP) is 1.01. The van der Waals surface area contributed by atoms with Gasteiger partial charge in [0.2, 0.25) is 0 Å². The summed E-state index contributed by atoms with van der Waals surface area (Å²) in [5.41, 5.74) is 0. The van der Waals surface area contributed by atoms with Crippen molar-refractivity contribution >= 4 is 11.9 Å². The van der Waals surface area contributed by atoms with Crippen molar-refractivity contribution in [2.75, 3.05) is 0 Å². The summed E-state index contributed by atoms with van der Waals surface area (Å²) in [6, 6.07) is 0. The van der Waals surface area contributed by atoms with Crippen molar-refractivity contribution in [1.29, 1.82) is 0 Å². The minimum atomic E-state index is -0.981. The van der Waals surface area contributed by atoms with Crippen molar-refractivity contribution in [3.63, 3.8) is 0 Å².